The highest BCUT2D eigenvalue weighted by Gasteiger charge is 2.32. The molecule has 0 aliphatic carbocycles. The van der Waals surface area contributed by atoms with E-state index < -0.39 is 0 Å². The average molecular weight is 325 g/mol. The molecule has 0 saturated carbocycles. The van der Waals surface area contributed by atoms with Crippen LogP contribution in [0.15, 0.2) is 0 Å². The molecule has 0 bridgehead atoms. The van der Waals surface area contributed by atoms with E-state index in [1.807, 2.05) is 0 Å². The van der Waals surface area contributed by atoms with Gasteiger partial charge in [0.15, 0.2) is 0 Å². The first-order valence-electron chi connectivity index (χ1n) is 9.81. The molecule has 1 heterocycles. The molecular weight excluding hydrogens is 288 g/mol. The van der Waals surface area contributed by atoms with Crippen LogP contribution in [-0.2, 0) is 14.3 Å². The highest BCUT2D eigenvalue weighted by Crippen LogP contribution is 2.36. The highest BCUT2D eigenvalue weighted by molar-refractivity contribution is 5.94. The predicted octanol–water partition coefficient (Wildman–Crippen LogP) is 5.80. The zero-order valence-corrected chi connectivity index (χ0v) is 15.5. The minimum atomic E-state index is -0.345. The third kappa shape index (κ3) is 7.05. The van der Waals surface area contributed by atoms with Gasteiger partial charge in [0.2, 0.25) is 0 Å². The molecule has 1 rings (SSSR count). The van der Waals surface area contributed by atoms with Crippen LogP contribution in [0.3, 0.4) is 0 Å². The number of esters is 2. The van der Waals surface area contributed by atoms with Crippen molar-refractivity contribution in [3.8, 4) is 0 Å². The van der Waals surface area contributed by atoms with Crippen LogP contribution in [0.1, 0.15) is 104 Å². The topological polar surface area (TPSA) is 43.4 Å². The van der Waals surface area contributed by atoms with Gasteiger partial charge in [-0.3, -0.25) is 9.59 Å². The maximum Gasteiger partial charge on any atom is 0.317 e. The van der Waals surface area contributed by atoms with Crippen LogP contribution in [-0.4, -0.2) is 11.9 Å². The fourth-order valence-electron chi connectivity index (χ4n) is 3.80. The van der Waals surface area contributed by atoms with Gasteiger partial charge in [-0.15, -0.1) is 0 Å². The molecule has 23 heavy (non-hydrogen) atoms. The summed E-state index contributed by atoms with van der Waals surface area (Å²) >= 11 is 0. The molecule has 0 aromatic carbocycles. The zero-order chi connectivity index (χ0) is 17.1. The average Bonchev–Trinajstić information content (AvgIpc) is 2.88. The van der Waals surface area contributed by atoms with Crippen molar-refractivity contribution in [3.63, 3.8) is 0 Å². The van der Waals surface area contributed by atoms with Crippen molar-refractivity contribution < 1.29 is 14.3 Å². The molecule has 0 N–H and O–H groups in total. The van der Waals surface area contributed by atoms with Crippen LogP contribution in [0, 0.1) is 11.3 Å². The molecule has 1 aliphatic heterocycles. The van der Waals surface area contributed by atoms with E-state index in [1.54, 1.807) is 0 Å². The summed E-state index contributed by atoms with van der Waals surface area (Å²) in [6.45, 7) is 7.00. The monoisotopic (exact) mass is 324 g/mol. The molecule has 3 heteroatoms. The molecule has 134 valence electrons. The van der Waals surface area contributed by atoms with Gasteiger partial charge in [0, 0.05) is 0 Å². The smallest absolute Gasteiger partial charge is 0.317 e. The quantitative estimate of drug-likeness (QED) is 0.244. The maximum atomic E-state index is 11.3. The minimum absolute atomic E-state index is 0.159. The number of carbonyl (C=O) groups excluding carboxylic acids is 2. The van der Waals surface area contributed by atoms with E-state index in [-0.39, 0.29) is 17.9 Å². The predicted molar refractivity (Wildman–Crippen MR) is 94.1 cm³/mol. The van der Waals surface area contributed by atoms with Gasteiger partial charge in [0.1, 0.15) is 0 Å². The summed E-state index contributed by atoms with van der Waals surface area (Å²) in [7, 11) is 0. The van der Waals surface area contributed by atoms with Crippen LogP contribution in [0.5, 0.6) is 0 Å². The maximum absolute atomic E-state index is 11.3. The van der Waals surface area contributed by atoms with Crippen LogP contribution >= 0.6 is 0 Å². The first-order valence-corrected chi connectivity index (χ1v) is 9.81. The Hall–Kier alpha value is -0.860. The van der Waals surface area contributed by atoms with Gasteiger partial charge < -0.3 is 4.74 Å². The number of cyclic esters (lactones) is 2. The highest BCUT2D eigenvalue weighted by atomic mass is 16.6. The van der Waals surface area contributed by atoms with Gasteiger partial charge in [0.25, 0.3) is 0 Å². The molecule has 0 amide bonds. The largest absolute Gasteiger partial charge is 0.393 e. The summed E-state index contributed by atoms with van der Waals surface area (Å²) in [6, 6.07) is 0. The number of rotatable bonds is 13. The Labute approximate surface area is 142 Å². The van der Waals surface area contributed by atoms with Crippen molar-refractivity contribution in [2.24, 2.45) is 11.3 Å². The number of unbranched alkanes of at least 4 members (excludes halogenated alkanes) is 6. The molecule has 3 nitrogen and oxygen atoms in total. The van der Waals surface area contributed by atoms with Crippen molar-refractivity contribution >= 4 is 11.9 Å². The summed E-state index contributed by atoms with van der Waals surface area (Å²) in [5.41, 5.74) is 0.591. The Morgan fingerprint density at radius 3 is 1.87 bits per heavy atom. The molecule has 1 unspecified atom stereocenters. The standard InChI is InChI=1S/C20H36O3/c1-4-20(5-2,6-3)15-13-11-9-7-8-10-12-14-17-16-18(21)23-19(17)22/h17H,4-16H2,1-3H3. The molecule has 1 atom stereocenters. The van der Waals surface area contributed by atoms with Gasteiger partial charge >= 0.3 is 11.9 Å². The molecular formula is C20H36O3. The third-order valence-corrected chi connectivity index (χ3v) is 5.97. The molecule has 0 aromatic heterocycles. The van der Waals surface area contributed by atoms with Crippen molar-refractivity contribution in [1.82, 2.24) is 0 Å². The molecule has 0 spiro atoms. The minimum Gasteiger partial charge on any atom is -0.393 e. The van der Waals surface area contributed by atoms with E-state index in [0.29, 0.717) is 11.8 Å². The Bertz CT molecular complexity index is 350. The van der Waals surface area contributed by atoms with E-state index >= 15 is 0 Å². The molecule has 1 aliphatic rings. The summed E-state index contributed by atoms with van der Waals surface area (Å²) in [4.78, 5) is 22.3. The lowest BCUT2D eigenvalue weighted by atomic mass is 9.75. The number of hydrogen-bond acceptors (Lipinski definition) is 3. The summed E-state index contributed by atoms with van der Waals surface area (Å²) in [5.74, 6) is -0.809. The Kier molecular flexibility index (Phi) is 9.50. The first kappa shape index (κ1) is 20.2. The second-order valence-electron chi connectivity index (χ2n) is 7.27. The van der Waals surface area contributed by atoms with Crippen molar-refractivity contribution in [1.29, 1.82) is 0 Å². The summed E-state index contributed by atoms with van der Waals surface area (Å²) < 4.78 is 4.57. The van der Waals surface area contributed by atoms with Crippen LogP contribution < -0.4 is 0 Å². The fourth-order valence-corrected chi connectivity index (χ4v) is 3.80. The molecule has 0 aromatic rings. The lowest BCUT2D eigenvalue weighted by Gasteiger charge is -2.30. The molecule has 1 fully saturated rings. The second kappa shape index (κ2) is 10.8. The van der Waals surface area contributed by atoms with Crippen molar-refractivity contribution in [2.45, 2.75) is 104 Å². The van der Waals surface area contributed by atoms with E-state index in [9.17, 15) is 9.59 Å². The van der Waals surface area contributed by atoms with Crippen LogP contribution in [0.4, 0.5) is 0 Å². The Balaban J connectivity index is 1.96. The summed E-state index contributed by atoms with van der Waals surface area (Å²) in [6.07, 6.45) is 15.2. The number of ether oxygens (including phenoxy) is 1. The zero-order valence-electron chi connectivity index (χ0n) is 15.5. The van der Waals surface area contributed by atoms with Crippen LogP contribution in [0.2, 0.25) is 0 Å². The van der Waals surface area contributed by atoms with Crippen LogP contribution in [0.25, 0.3) is 0 Å². The normalized spacial score (nSPS) is 18.5. The lowest BCUT2D eigenvalue weighted by molar-refractivity contribution is -0.153. The number of hydrogen-bond donors (Lipinski definition) is 0. The van der Waals surface area contributed by atoms with Crippen molar-refractivity contribution in [2.75, 3.05) is 0 Å². The summed E-state index contributed by atoms with van der Waals surface area (Å²) in [5, 5.41) is 0. The van der Waals surface area contributed by atoms with E-state index in [4.69, 9.17) is 0 Å². The Morgan fingerprint density at radius 2 is 1.39 bits per heavy atom. The third-order valence-electron chi connectivity index (χ3n) is 5.97. The van der Waals surface area contributed by atoms with Gasteiger partial charge in [-0.25, -0.2) is 0 Å². The molecule has 1 saturated heterocycles. The Morgan fingerprint density at radius 1 is 0.870 bits per heavy atom. The van der Waals surface area contributed by atoms with Gasteiger partial charge in [-0.2, -0.15) is 0 Å². The van der Waals surface area contributed by atoms with Gasteiger partial charge in [-0.05, 0) is 18.3 Å². The first-order chi connectivity index (χ1) is 11.1. The second-order valence-corrected chi connectivity index (χ2v) is 7.27. The SMILES string of the molecule is CCC(CC)(CC)CCCCCCCCCC1CC(=O)OC1=O. The van der Waals surface area contributed by atoms with Crippen molar-refractivity contribution in [3.05, 3.63) is 0 Å². The lowest BCUT2D eigenvalue weighted by Crippen LogP contribution is -2.17. The van der Waals surface area contributed by atoms with Gasteiger partial charge in [0.05, 0.1) is 12.3 Å². The molecule has 0 radical (unpaired) electrons. The van der Waals surface area contributed by atoms with E-state index in [0.717, 1.165) is 12.8 Å². The number of carbonyl (C=O) groups is 2. The van der Waals surface area contributed by atoms with E-state index in [1.165, 1.54) is 64.2 Å². The van der Waals surface area contributed by atoms with Gasteiger partial charge in [-0.1, -0.05) is 85.0 Å². The fraction of sp³-hybridized carbons (Fsp3) is 0.900. The van der Waals surface area contributed by atoms with E-state index in [2.05, 4.69) is 25.5 Å².